The van der Waals surface area contributed by atoms with Crippen molar-refractivity contribution in [3.8, 4) is 11.5 Å². The van der Waals surface area contributed by atoms with E-state index in [1.807, 2.05) is 30.3 Å². The van der Waals surface area contributed by atoms with Gasteiger partial charge in [-0.1, -0.05) is 24.3 Å². The lowest BCUT2D eigenvalue weighted by Gasteiger charge is -2.12. The maximum Gasteiger partial charge on any atom is 0.337 e. The summed E-state index contributed by atoms with van der Waals surface area (Å²) < 4.78 is 38.3. The molecule has 6 nitrogen and oxygen atoms in total. The minimum Gasteiger partial charge on any atom is -0.465 e. The minimum atomic E-state index is -3.83. The number of rotatable bonds is 6. The highest BCUT2D eigenvalue weighted by molar-refractivity contribution is 7.92. The number of sulfonamides is 1. The van der Waals surface area contributed by atoms with Crippen molar-refractivity contribution in [2.75, 3.05) is 11.8 Å². The Bertz CT molecular complexity index is 1080. The van der Waals surface area contributed by atoms with Crippen LogP contribution in [0, 0.1) is 6.92 Å². The molecular weight excluding hydrogens is 378 g/mol. The summed E-state index contributed by atoms with van der Waals surface area (Å²) in [4.78, 5) is 11.8. The number of carbonyl (C=O) groups excluding carboxylic acids is 1. The molecule has 144 valence electrons. The molecule has 0 aliphatic carbocycles. The SMILES string of the molecule is COC(=O)c1ccc(C)c(NS(=O)(=O)c2ccc(Oc3ccccc3)cc2)c1. The number of nitrogens with one attached hydrogen (secondary N) is 1. The molecule has 3 aromatic rings. The van der Waals surface area contributed by atoms with Crippen LogP contribution in [0.25, 0.3) is 0 Å². The molecule has 0 aromatic heterocycles. The number of hydrogen-bond acceptors (Lipinski definition) is 5. The van der Waals surface area contributed by atoms with Crippen LogP contribution >= 0.6 is 0 Å². The second kappa shape index (κ2) is 8.14. The van der Waals surface area contributed by atoms with Gasteiger partial charge in [0.1, 0.15) is 11.5 Å². The van der Waals surface area contributed by atoms with Crippen LogP contribution in [0.1, 0.15) is 15.9 Å². The van der Waals surface area contributed by atoms with Crippen molar-refractivity contribution in [2.24, 2.45) is 0 Å². The average molecular weight is 397 g/mol. The van der Waals surface area contributed by atoms with Crippen molar-refractivity contribution in [1.82, 2.24) is 0 Å². The molecular formula is C21H19NO5S. The van der Waals surface area contributed by atoms with Gasteiger partial charge in [0.05, 0.1) is 23.3 Å². The van der Waals surface area contributed by atoms with Crippen molar-refractivity contribution in [3.05, 3.63) is 83.9 Å². The lowest BCUT2D eigenvalue weighted by atomic mass is 10.1. The fraction of sp³-hybridized carbons (Fsp3) is 0.0952. The van der Waals surface area contributed by atoms with Gasteiger partial charge in [0.15, 0.2) is 0 Å². The quantitative estimate of drug-likeness (QED) is 0.625. The van der Waals surface area contributed by atoms with Crippen molar-refractivity contribution in [3.63, 3.8) is 0 Å². The van der Waals surface area contributed by atoms with Gasteiger partial charge in [0, 0.05) is 0 Å². The van der Waals surface area contributed by atoms with Crippen molar-refractivity contribution < 1.29 is 22.7 Å². The summed E-state index contributed by atoms with van der Waals surface area (Å²) in [6, 6.07) is 20.0. The Morgan fingerprint density at radius 2 is 1.54 bits per heavy atom. The van der Waals surface area contributed by atoms with Crippen molar-refractivity contribution in [1.29, 1.82) is 0 Å². The number of para-hydroxylation sites is 1. The van der Waals surface area contributed by atoms with E-state index in [1.54, 1.807) is 31.2 Å². The van der Waals surface area contributed by atoms with E-state index in [0.29, 0.717) is 22.7 Å². The molecule has 7 heteroatoms. The normalized spacial score (nSPS) is 10.9. The predicted molar refractivity (Wildman–Crippen MR) is 106 cm³/mol. The highest BCUT2D eigenvalue weighted by Crippen LogP contribution is 2.25. The van der Waals surface area contributed by atoms with Crippen LogP contribution in [0.4, 0.5) is 5.69 Å². The van der Waals surface area contributed by atoms with Crippen LogP contribution in [-0.4, -0.2) is 21.5 Å². The first-order chi connectivity index (χ1) is 13.4. The first kappa shape index (κ1) is 19.4. The van der Waals surface area contributed by atoms with E-state index in [9.17, 15) is 13.2 Å². The fourth-order valence-electron chi connectivity index (χ4n) is 2.49. The molecule has 0 saturated heterocycles. The molecule has 0 bridgehead atoms. The van der Waals surface area contributed by atoms with Crippen molar-refractivity contribution in [2.45, 2.75) is 11.8 Å². The number of benzene rings is 3. The van der Waals surface area contributed by atoms with Crippen LogP contribution in [0.15, 0.2) is 77.7 Å². The van der Waals surface area contributed by atoms with Crippen LogP contribution < -0.4 is 9.46 Å². The lowest BCUT2D eigenvalue weighted by Crippen LogP contribution is -2.14. The number of hydrogen-bond donors (Lipinski definition) is 1. The fourth-order valence-corrected chi connectivity index (χ4v) is 3.61. The molecule has 0 unspecified atom stereocenters. The standard InChI is InChI=1S/C21H19NO5S/c1-15-8-9-16(21(23)26-2)14-20(15)22-28(24,25)19-12-10-18(11-13-19)27-17-6-4-3-5-7-17/h3-14,22H,1-2H3. The van der Waals surface area contributed by atoms with Crippen LogP contribution in [-0.2, 0) is 14.8 Å². The third-order valence-corrected chi connectivity index (χ3v) is 5.40. The summed E-state index contributed by atoms with van der Waals surface area (Å²) in [7, 11) is -2.56. The van der Waals surface area contributed by atoms with Crippen molar-refractivity contribution >= 4 is 21.7 Å². The van der Waals surface area contributed by atoms with Crippen LogP contribution in [0.5, 0.6) is 11.5 Å². The van der Waals surface area contributed by atoms with Gasteiger partial charge >= 0.3 is 5.97 Å². The number of methoxy groups -OCH3 is 1. The van der Waals surface area contributed by atoms with E-state index in [0.717, 1.165) is 0 Å². The summed E-state index contributed by atoms with van der Waals surface area (Å²) in [5, 5.41) is 0. The first-order valence-corrected chi connectivity index (χ1v) is 9.92. The van der Waals surface area contributed by atoms with Gasteiger partial charge in [-0.15, -0.1) is 0 Å². The molecule has 28 heavy (non-hydrogen) atoms. The Labute approximate surface area is 163 Å². The molecule has 0 aliphatic rings. The zero-order valence-corrected chi connectivity index (χ0v) is 16.2. The summed E-state index contributed by atoms with van der Waals surface area (Å²) in [5.41, 5.74) is 1.25. The number of carbonyl (C=O) groups is 1. The number of ether oxygens (including phenoxy) is 2. The van der Waals surface area contributed by atoms with Crippen LogP contribution in [0.2, 0.25) is 0 Å². The van der Waals surface area contributed by atoms with Gasteiger partial charge in [-0.05, 0) is 61.0 Å². The molecule has 1 N–H and O–H groups in total. The summed E-state index contributed by atoms with van der Waals surface area (Å²) in [6.07, 6.45) is 0. The third kappa shape index (κ3) is 4.50. The topological polar surface area (TPSA) is 81.7 Å². The van der Waals surface area contributed by atoms with Crippen LogP contribution in [0.3, 0.4) is 0 Å². The molecule has 0 spiro atoms. The van der Waals surface area contributed by atoms with Gasteiger partial charge in [-0.3, -0.25) is 4.72 Å². The second-order valence-electron chi connectivity index (χ2n) is 6.01. The smallest absolute Gasteiger partial charge is 0.337 e. The van der Waals surface area contributed by atoms with E-state index in [2.05, 4.69) is 9.46 Å². The zero-order chi connectivity index (χ0) is 20.1. The maximum atomic E-state index is 12.7. The molecule has 0 saturated carbocycles. The molecule has 0 heterocycles. The Kier molecular flexibility index (Phi) is 5.65. The van der Waals surface area contributed by atoms with E-state index in [-0.39, 0.29) is 10.5 Å². The van der Waals surface area contributed by atoms with E-state index >= 15 is 0 Å². The Morgan fingerprint density at radius 3 is 2.18 bits per heavy atom. The summed E-state index contributed by atoms with van der Waals surface area (Å²) in [6.45, 7) is 1.75. The van der Waals surface area contributed by atoms with E-state index < -0.39 is 16.0 Å². The number of anilines is 1. The molecule has 0 amide bonds. The molecule has 0 aliphatic heterocycles. The zero-order valence-electron chi connectivity index (χ0n) is 15.4. The molecule has 0 radical (unpaired) electrons. The third-order valence-electron chi connectivity index (χ3n) is 4.02. The van der Waals surface area contributed by atoms with E-state index in [1.165, 1.54) is 25.3 Å². The Hall–Kier alpha value is -3.32. The summed E-state index contributed by atoms with van der Waals surface area (Å²) >= 11 is 0. The average Bonchev–Trinajstić information content (AvgIpc) is 2.70. The highest BCUT2D eigenvalue weighted by atomic mass is 32.2. The van der Waals surface area contributed by atoms with Gasteiger partial charge in [-0.25, -0.2) is 13.2 Å². The number of aryl methyl sites for hydroxylation is 1. The maximum absolute atomic E-state index is 12.7. The Balaban J connectivity index is 1.80. The lowest BCUT2D eigenvalue weighted by molar-refractivity contribution is 0.0600. The van der Waals surface area contributed by atoms with Gasteiger partial charge in [0.2, 0.25) is 0 Å². The molecule has 3 aromatic carbocycles. The molecule has 0 fully saturated rings. The monoisotopic (exact) mass is 397 g/mol. The molecule has 3 rings (SSSR count). The minimum absolute atomic E-state index is 0.0794. The number of esters is 1. The van der Waals surface area contributed by atoms with E-state index in [4.69, 9.17) is 4.74 Å². The second-order valence-corrected chi connectivity index (χ2v) is 7.70. The van der Waals surface area contributed by atoms with Gasteiger partial charge in [0.25, 0.3) is 10.0 Å². The largest absolute Gasteiger partial charge is 0.465 e. The first-order valence-electron chi connectivity index (χ1n) is 8.44. The predicted octanol–water partition coefficient (Wildman–Crippen LogP) is 4.37. The Morgan fingerprint density at radius 1 is 0.893 bits per heavy atom. The van der Waals surface area contributed by atoms with Gasteiger partial charge < -0.3 is 9.47 Å². The van der Waals surface area contributed by atoms with Gasteiger partial charge in [-0.2, -0.15) is 0 Å². The molecule has 0 atom stereocenters. The highest BCUT2D eigenvalue weighted by Gasteiger charge is 2.17. The summed E-state index contributed by atoms with van der Waals surface area (Å²) in [5.74, 6) is 0.642.